The summed E-state index contributed by atoms with van der Waals surface area (Å²) in [6.45, 7) is 6.60. The molecule has 1 aliphatic heterocycles. The number of amides is 2. The second-order valence-corrected chi connectivity index (χ2v) is 8.58. The van der Waals surface area contributed by atoms with Crippen molar-refractivity contribution in [2.45, 2.75) is 46.1 Å². The summed E-state index contributed by atoms with van der Waals surface area (Å²) in [5, 5.41) is 5.84. The normalized spacial score (nSPS) is 15.2. The van der Waals surface area contributed by atoms with Gasteiger partial charge in [-0.05, 0) is 63.9 Å². The highest BCUT2D eigenvalue weighted by Gasteiger charge is 2.32. The second-order valence-electron chi connectivity index (χ2n) is 8.58. The molecule has 1 aliphatic rings. The summed E-state index contributed by atoms with van der Waals surface area (Å²) in [6.07, 6.45) is 3.40. The van der Waals surface area contributed by atoms with Gasteiger partial charge < -0.3 is 15.5 Å². The molecule has 1 fully saturated rings. The third-order valence-electron chi connectivity index (χ3n) is 5.82. The Kier molecular flexibility index (Phi) is 7.28. The third-order valence-corrected chi connectivity index (χ3v) is 5.82. The Hall–Kier alpha value is -3.95. The second kappa shape index (κ2) is 10.5. The van der Waals surface area contributed by atoms with Gasteiger partial charge in [0.2, 0.25) is 11.9 Å². The molecule has 0 radical (unpaired) electrons. The zero-order valence-electron chi connectivity index (χ0n) is 20.0. The van der Waals surface area contributed by atoms with E-state index >= 15 is 0 Å². The van der Waals surface area contributed by atoms with E-state index in [1.807, 2.05) is 19.9 Å². The molecule has 2 N–H and O–H groups in total. The number of aromatic nitrogens is 4. The Labute approximate surface area is 203 Å². The first-order valence-electron chi connectivity index (χ1n) is 11.6. The van der Waals surface area contributed by atoms with E-state index in [1.165, 1.54) is 30.5 Å². The van der Waals surface area contributed by atoms with Crippen LogP contribution in [0.4, 0.5) is 16.0 Å². The van der Waals surface area contributed by atoms with Crippen LogP contribution in [0.3, 0.4) is 0 Å². The SMILES string of the molecule is Cc1cc(C)nc(NCCC(=O)N2CCCC2c2ncc(C(=O)Nc3ccc(F)cc3)c(C)n2)n1. The molecular weight excluding hydrogens is 449 g/mol. The van der Waals surface area contributed by atoms with Crippen LogP contribution in [0.25, 0.3) is 0 Å². The first kappa shape index (κ1) is 24.2. The molecule has 1 aromatic carbocycles. The molecule has 0 spiro atoms. The molecular formula is C25H28FN7O2. The highest BCUT2D eigenvalue weighted by Crippen LogP contribution is 2.30. The summed E-state index contributed by atoms with van der Waals surface area (Å²) in [7, 11) is 0. The minimum atomic E-state index is -0.378. The summed E-state index contributed by atoms with van der Waals surface area (Å²) in [5.41, 5.74) is 3.06. The van der Waals surface area contributed by atoms with Gasteiger partial charge in [-0.3, -0.25) is 9.59 Å². The van der Waals surface area contributed by atoms with E-state index in [9.17, 15) is 14.0 Å². The molecule has 1 saturated heterocycles. The van der Waals surface area contributed by atoms with Crippen LogP contribution < -0.4 is 10.6 Å². The van der Waals surface area contributed by atoms with Crippen LogP contribution >= 0.6 is 0 Å². The van der Waals surface area contributed by atoms with Crippen LogP contribution in [-0.2, 0) is 4.79 Å². The van der Waals surface area contributed by atoms with Crippen LogP contribution in [0.2, 0.25) is 0 Å². The van der Waals surface area contributed by atoms with Crippen molar-refractivity contribution in [1.82, 2.24) is 24.8 Å². The molecule has 0 aliphatic carbocycles. The number of carbonyl (C=O) groups is 2. The van der Waals surface area contributed by atoms with Crippen LogP contribution in [0.5, 0.6) is 0 Å². The number of nitrogens with one attached hydrogen (secondary N) is 2. The van der Waals surface area contributed by atoms with E-state index in [4.69, 9.17) is 0 Å². The van der Waals surface area contributed by atoms with Crippen molar-refractivity contribution in [2.75, 3.05) is 23.7 Å². The summed E-state index contributed by atoms with van der Waals surface area (Å²) in [4.78, 5) is 45.0. The average Bonchev–Trinajstić information content (AvgIpc) is 3.30. The first-order valence-corrected chi connectivity index (χ1v) is 11.6. The topological polar surface area (TPSA) is 113 Å². The number of hydrogen-bond acceptors (Lipinski definition) is 7. The highest BCUT2D eigenvalue weighted by molar-refractivity contribution is 6.04. The predicted octanol–water partition coefficient (Wildman–Crippen LogP) is 3.75. The molecule has 1 atom stereocenters. The summed E-state index contributed by atoms with van der Waals surface area (Å²) < 4.78 is 13.1. The van der Waals surface area contributed by atoms with Gasteiger partial charge in [-0.2, -0.15) is 0 Å². The number of anilines is 2. The molecule has 3 heterocycles. The Morgan fingerprint density at radius 2 is 1.80 bits per heavy atom. The van der Waals surface area contributed by atoms with Gasteiger partial charge in [0.25, 0.3) is 5.91 Å². The molecule has 2 aromatic heterocycles. The molecule has 3 aromatic rings. The molecule has 10 heteroatoms. The minimum Gasteiger partial charge on any atom is -0.354 e. The van der Waals surface area contributed by atoms with Crippen LogP contribution in [0.15, 0.2) is 36.5 Å². The maximum absolute atomic E-state index is 13.1. The van der Waals surface area contributed by atoms with Gasteiger partial charge in [0.05, 0.1) is 17.3 Å². The highest BCUT2D eigenvalue weighted by atomic mass is 19.1. The standard InChI is InChI=1S/C25H28FN7O2/c1-15-13-16(2)30-25(29-15)27-11-10-22(34)33-12-4-5-21(33)23-28-14-20(17(3)31-23)24(35)32-19-8-6-18(26)7-9-19/h6-9,13-14,21H,4-5,10-12H2,1-3H3,(H,32,35)(H,27,29,30). The average molecular weight is 478 g/mol. The van der Waals surface area contributed by atoms with Gasteiger partial charge in [-0.25, -0.2) is 24.3 Å². The van der Waals surface area contributed by atoms with Gasteiger partial charge in [-0.1, -0.05) is 0 Å². The monoisotopic (exact) mass is 477 g/mol. The Bertz CT molecular complexity index is 1210. The van der Waals surface area contributed by atoms with Crippen molar-refractivity contribution < 1.29 is 14.0 Å². The lowest BCUT2D eigenvalue weighted by molar-refractivity contribution is -0.132. The zero-order chi connectivity index (χ0) is 24.9. The van der Waals surface area contributed by atoms with E-state index in [2.05, 4.69) is 30.6 Å². The van der Waals surface area contributed by atoms with Crippen LogP contribution in [0, 0.1) is 26.6 Å². The fourth-order valence-corrected chi connectivity index (χ4v) is 4.16. The molecule has 0 bridgehead atoms. The lowest BCUT2D eigenvalue weighted by atomic mass is 10.1. The number of halogens is 1. The van der Waals surface area contributed by atoms with Crippen LogP contribution in [0.1, 0.15) is 58.6 Å². The number of likely N-dealkylation sites (tertiary alicyclic amines) is 1. The van der Waals surface area contributed by atoms with Gasteiger partial charge in [0.15, 0.2) is 5.82 Å². The molecule has 182 valence electrons. The van der Waals surface area contributed by atoms with Crippen LogP contribution in [-0.4, -0.2) is 49.7 Å². The van der Waals surface area contributed by atoms with Crippen molar-refractivity contribution in [3.8, 4) is 0 Å². The summed E-state index contributed by atoms with van der Waals surface area (Å²) in [6, 6.07) is 7.19. The Morgan fingerprint density at radius 1 is 1.09 bits per heavy atom. The first-order chi connectivity index (χ1) is 16.8. The van der Waals surface area contributed by atoms with E-state index in [0.717, 1.165) is 24.2 Å². The number of aryl methyl sites for hydroxylation is 3. The van der Waals surface area contributed by atoms with Crippen molar-refractivity contribution in [1.29, 1.82) is 0 Å². The summed E-state index contributed by atoms with van der Waals surface area (Å²) >= 11 is 0. The van der Waals surface area contributed by atoms with Gasteiger partial charge in [0, 0.05) is 42.8 Å². The van der Waals surface area contributed by atoms with Crippen molar-refractivity contribution in [3.63, 3.8) is 0 Å². The largest absolute Gasteiger partial charge is 0.354 e. The fraction of sp³-hybridized carbons (Fsp3) is 0.360. The van der Waals surface area contributed by atoms with E-state index < -0.39 is 0 Å². The molecule has 2 amide bonds. The Morgan fingerprint density at radius 3 is 2.49 bits per heavy atom. The number of hydrogen-bond donors (Lipinski definition) is 2. The molecule has 9 nitrogen and oxygen atoms in total. The summed E-state index contributed by atoms with van der Waals surface area (Å²) in [5.74, 6) is 0.291. The minimum absolute atomic E-state index is 0.00348. The third kappa shape index (κ3) is 5.95. The predicted molar refractivity (Wildman–Crippen MR) is 129 cm³/mol. The zero-order valence-corrected chi connectivity index (χ0v) is 20.0. The number of benzene rings is 1. The maximum Gasteiger partial charge on any atom is 0.259 e. The number of rotatable bonds is 7. The van der Waals surface area contributed by atoms with Crippen molar-refractivity contribution in [2.24, 2.45) is 0 Å². The quantitative estimate of drug-likeness (QED) is 0.533. The Balaban J connectivity index is 1.38. The van der Waals surface area contributed by atoms with Gasteiger partial charge in [-0.15, -0.1) is 0 Å². The molecule has 35 heavy (non-hydrogen) atoms. The smallest absolute Gasteiger partial charge is 0.259 e. The van der Waals surface area contributed by atoms with Crippen molar-refractivity contribution in [3.05, 3.63) is 70.8 Å². The van der Waals surface area contributed by atoms with Gasteiger partial charge >= 0.3 is 0 Å². The molecule has 1 unspecified atom stereocenters. The van der Waals surface area contributed by atoms with Crippen molar-refractivity contribution >= 4 is 23.5 Å². The molecule has 0 saturated carbocycles. The van der Waals surface area contributed by atoms with E-state index in [0.29, 0.717) is 48.2 Å². The number of carbonyl (C=O) groups excluding carboxylic acids is 2. The lowest BCUT2D eigenvalue weighted by Gasteiger charge is -2.24. The van der Waals surface area contributed by atoms with E-state index in [-0.39, 0.29) is 23.7 Å². The number of nitrogens with zero attached hydrogens (tertiary/aromatic N) is 5. The van der Waals surface area contributed by atoms with Gasteiger partial charge in [0.1, 0.15) is 5.82 Å². The lowest BCUT2D eigenvalue weighted by Crippen LogP contribution is -2.33. The van der Waals surface area contributed by atoms with E-state index in [1.54, 1.807) is 11.8 Å². The fourth-order valence-electron chi connectivity index (χ4n) is 4.16. The maximum atomic E-state index is 13.1. The molecule has 4 rings (SSSR count).